The lowest BCUT2D eigenvalue weighted by Gasteiger charge is -2.21. The van der Waals surface area contributed by atoms with Crippen molar-refractivity contribution in [3.05, 3.63) is 44.8 Å². The van der Waals surface area contributed by atoms with Crippen molar-refractivity contribution in [1.29, 1.82) is 0 Å². The first-order chi connectivity index (χ1) is 10.6. The van der Waals surface area contributed by atoms with E-state index in [1.165, 1.54) is 11.3 Å². The molecule has 2 rings (SSSR count). The zero-order valence-corrected chi connectivity index (χ0v) is 14.3. The fourth-order valence-electron chi connectivity index (χ4n) is 2.06. The Labute approximate surface area is 138 Å². The highest BCUT2D eigenvalue weighted by atomic mass is 32.1. The molecule has 4 nitrogen and oxygen atoms in total. The van der Waals surface area contributed by atoms with Gasteiger partial charge in [0.2, 0.25) is 5.91 Å². The van der Waals surface area contributed by atoms with Crippen LogP contribution in [0.2, 0.25) is 0 Å². The lowest BCUT2D eigenvalue weighted by molar-refractivity contribution is -0.122. The summed E-state index contributed by atoms with van der Waals surface area (Å²) in [4.78, 5) is 25.7. The monoisotopic (exact) mass is 336 g/mol. The third-order valence-electron chi connectivity index (χ3n) is 3.22. The number of nitrogens with one attached hydrogen (secondary N) is 2. The molecule has 0 saturated carbocycles. The molecule has 0 spiro atoms. The summed E-state index contributed by atoms with van der Waals surface area (Å²) >= 11 is 3.04. The fourth-order valence-corrected chi connectivity index (χ4v) is 3.65. The summed E-state index contributed by atoms with van der Waals surface area (Å²) in [5.74, 6) is 0.156. The number of amides is 2. The summed E-state index contributed by atoms with van der Waals surface area (Å²) in [5.41, 5.74) is 0. The first-order valence-electron chi connectivity index (χ1n) is 7.22. The summed E-state index contributed by atoms with van der Waals surface area (Å²) in [5, 5.41) is 9.69. The number of thiophene rings is 2. The predicted octanol–water partition coefficient (Wildman–Crippen LogP) is 3.44. The highest BCUT2D eigenvalue weighted by Gasteiger charge is 2.19. The SMILES string of the molecule is CC(C)C(NC(=O)CCNC(=O)c1cccs1)c1cccs1. The fraction of sp³-hybridized carbons (Fsp3) is 0.375. The zero-order chi connectivity index (χ0) is 15.9. The molecular weight excluding hydrogens is 316 g/mol. The van der Waals surface area contributed by atoms with Gasteiger partial charge in [0, 0.05) is 17.8 Å². The Kier molecular flexibility index (Phi) is 6.15. The molecule has 0 radical (unpaired) electrons. The molecular formula is C16H20N2O2S2. The lowest BCUT2D eigenvalue weighted by atomic mass is 10.0. The van der Waals surface area contributed by atoms with Gasteiger partial charge in [-0.15, -0.1) is 22.7 Å². The first kappa shape index (κ1) is 16.7. The maximum Gasteiger partial charge on any atom is 0.261 e. The average Bonchev–Trinajstić information content (AvgIpc) is 3.17. The van der Waals surface area contributed by atoms with E-state index in [2.05, 4.69) is 24.5 Å². The second kappa shape index (κ2) is 8.10. The first-order valence-corrected chi connectivity index (χ1v) is 8.98. The van der Waals surface area contributed by atoms with Crippen molar-refractivity contribution < 1.29 is 9.59 Å². The van der Waals surface area contributed by atoms with Crippen LogP contribution >= 0.6 is 22.7 Å². The summed E-state index contributed by atoms with van der Waals surface area (Å²) < 4.78 is 0. The molecule has 0 aromatic carbocycles. The Morgan fingerprint density at radius 1 is 1.14 bits per heavy atom. The standard InChI is InChI=1S/C16H20N2O2S2/c1-11(2)15(12-5-3-9-21-12)18-14(19)7-8-17-16(20)13-6-4-10-22-13/h3-6,9-11,15H,7-8H2,1-2H3,(H,17,20)(H,18,19). The Morgan fingerprint density at radius 3 is 2.45 bits per heavy atom. The van der Waals surface area contributed by atoms with E-state index in [4.69, 9.17) is 0 Å². The van der Waals surface area contributed by atoms with E-state index in [-0.39, 0.29) is 24.3 Å². The molecule has 1 unspecified atom stereocenters. The summed E-state index contributed by atoms with van der Waals surface area (Å²) in [6.45, 7) is 4.52. The second-order valence-electron chi connectivity index (χ2n) is 5.29. The summed E-state index contributed by atoms with van der Waals surface area (Å²) in [6, 6.07) is 7.66. The van der Waals surface area contributed by atoms with Crippen LogP contribution in [0.1, 0.15) is 40.9 Å². The van der Waals surface area contributed by atoms with E-state index >= 15 is 0 Å². The summed E-state index contributed by atoms with van der Waals surface area (Å²) in [7, 11) is 0. The van der Waals surface area contributed by atoms with Gasteiger partial charge in [0.05, 0.1) is 10.9 Å². The van der Waals surface area contributed by atoms with Crippen LogP contribution in [0, 0.1) is 5.92 Å². The molecule has 2 N–H and O–H groups in total. The van der Waals surface area contributed by atoms with Gasteiger partial charge < -0.3 is 10.6 Å². The van der Waals surface area contributed by atoms with Crippen LogP contribution in [-0.4, -0.2) is 18.4 Å². The number of rotatable bonds is 7. The molecule has 0 bridgehead atoms. The molecule has 2 heterocycles. The second-order valence-corrected chi connectivity index (χ2v) is 7.21. The number of hydrogen-bond donors (Lipinski definition) is 2. The van der Waals surface area contributed by atoms with E-state index in [1.54, 1.807) is 17.4 Å². The predicted molar refractivity (Wildman–Crippen MR) is 91.3 cm³/mol. The van der Waals surface area contributed by atoms with Crippen LogP contribution in [0.4, 0.5) is 0 Å². The van der Waals surface area contributed by atoms with E-state index < -0.39 is 0 Å². The Hall–Kier alpha value is -1.66. The van der Waals surface area contributed by atoms with Gasteiger partial charge in [-0.05, 0) is 28.8 Å². The molecule has 1 atom stereocenters. The highest BCUT2D eigenvalue weighted by Crippen LogP contribution is 2.25. The van der Waals surface area contributed by atoms with E-state index in [9.17, 15) is 9.59 Å². The van der Waals surface area contributed by atoms with Gasteiger partial charge in [-0.2, -0.15) is 0 Å². The van der Waals surface area contributed by atoms with Crippen LogP contribution in [-0.2, 0) is 4.79 Å². The molecule has 0 aliphatic rings. The van der Waals surface area contributed by atoms with Crippen molar-refractivity contribution in [2.24, 2.45) is 5.92 Å². The molecule has 22 heavy (non-hydrogen) atoms. The maximum atomic E-state index is 12.1. The molecule has 6 heteroatoms. The van der Waals surface area contributed by atoms with Crippen molar-refractivity contribution in [1.82, 2.24) is 10.6 Å². The summed E-state index contributed by atoms with van der Waals surface area (Å²) in [6.07, 6.45) is 0.283. The van der Waals surface area contributed by atoms with Crippen LogP contribution in [0.3, 0.4) is 0 Å². The van der Waals surface area contributed by atoms with Crippen molar-refractivity contribution in [2.45, 2.75) is 26.3 Å². The molecule has 2 amide bonds. The topological polar surface area (TPSA) is 58.2 Å². The third-order valence-corrected chi connectivity index (χ3v) is 5.04. The number of carbonyl (C=O) groups is 2. The molecule has 118 valence electrons. The van der Waals surface area contributed by atoms with Crippen LogP contribution in [0.5, 0.6) is 0 Å². The lowest BCUT2D eigenvalue weighted by Crippen LogP contribution is -2.34. The Bertz CT molecular complexity index is 592. The van der Waals surface area contributed by atoms with Gasteiger partial charge in [-0.1, -0.05) is 26.0 Å². The van der Waals surface area contributed by atoms with Crippen LogP contribution < -0.4 is 10.6 Å². The number of carbonyl (C=O) groups excluding carboxylic acids is 2. The molecule has 2 aromatic heterocycles. The highest BCUT2D eigenvalue weighted by molar-refractivity contribution is 7.12. The van der Waals surface area contributed by atoms with Crippen molar-refractivity contribution >= 4 is 34.5 Å². The van der Waals surface area contributed by atoms with Gasteiger partial charge in [-0.25, -0.2) is 0 Å². The van der Waals surface area contributed by atoms with Gasteiger partial charge >= 0.3 is 0 Å². The van der Waals surface area contributed by atoms with Gasteiger partial charge in [0.25, 0.3) is 5.91 Å². The number of hydrogen-bond acceptors (Lipinski definition) is 4. The Balaban J connectivity index is 1.78. The average molecular weight is 336 g/mol. The molecule has 2 aromatic rings. The van der Waals surface area contributed by atoms with Crippen molar-refractivity contribution in [2.75, 3.05) is 6.54 Å². The largest absolute Gasteiger partial charge is 0.351 e. The van der Waals surface area contributed by atoms with Crippen molar-refractivity contribution in [3.63, 3.8) is 0 Å². The normalized spacial score (nSPS) is 12.1. The van der Waals surface area contributed by atoms with Crippen molar-refractivity contribution in [3.8, 4) is 0 Å². The maximum absolute atomic E-state index is 12.1. The molecule has 0 aliphatic carbocycles. The van der Waals surface area contributed by atoms with Gasteiger partial charge in [-0.3, -0.25) is 9.59 Å². The Morgan fingerprint density at radius 2 is 1.86 bits per heavy atom. The quantitative estimate of drug-likeness (QED) is 0.814. The van der Waals surface area contributed by atoms with E-state index in [1.807, 2.05) is 29.0 Å². The third kappa shape index (κ3) is 4.68. The van der Waals surface area contributed by atoms with Gasteiger partial charge in [0.1, 0.15) is 0 Å². The molecule has 0 aliphatic heterocycles. The smallest absolute Gasteiger partial charge is 0.261 e. The van der Waals surface area contributed by atoms with E-state index in [0.717, 1.165) is 4.88 Å². The van der Waals surface area contributed by atoms with E-state index in [0.29, 0.717) is 17.3 Å². The molecule has 0 saturated heterocycles. The minimum Gasteiger partial charge on any atom is -0.351 e. The zero-order valence-electron chi connectivity index (χ0n) is 12.7. The van der Waals surface area contributed by atoms with Crippen LogP contribution in [0.15, 0.2) is 35.0 Å². The van der Waals surface area contributed by atoms with Gasteiger partial charge in [0.15, 0.2) is 0 Å². The minimum absolute atomic E-state index is 0.0282. The van der Waals surface area contributed by atoms with Crippen LogP contribution in [0.25, 0.3) is 0 Å². The minimum atomic E-state index is -0.124. The molecule has 0 fully saturated rings.